The molecule has 1 unspecified atom stereocenters. The molecule has 0 N–H and O–H groups in total. The summed E-state index contributed by atoms with van der Waals surface area (Å²) in [4.78, 5) is 5.09. The molecule has 0 aromatic heterocycles. The van der Waals surface area contributed by atoms with Crippen molar-refractivity contribution in [2.75, 3.05) is 50.8 Å². The first-order valence-electron chi connectivity index (χ1n) is 10.3. The molecule has 4 heteroatoms. The van der Waals surface area contributed by atoms with Gasteiger partial charge < -0.3 is 14.4 Å². The van der Waals surface area contributed by atoms with Crippen molar-refractivity contribution in [3.8, 4) is 11.5 Å². The summed E-state index contributed by atoms with van der Waals surface area (Å²) in [6.45, 7) is 7.00. The van der Waals surface area contributed by atoms with E-state index in [4.69, 9.17) is 9.47 Å². The lowest BCUT2D eigenvalue weighted by molar-refractivity contribution is 0.171. The summed E-state index contributed by atoms with van der Waals surface area (Å²) in [6, 6.07) is 15.3. The van der Waals surface area contributed by atoms with Crippen molar-refractivity contribution in [3.05, 3.63) is 53.6 Å². The summed E-state index contributed by atoms with van der Waals surface area (Å²) in [6.07, 6.45) is 3.93. The summed E-state index contributed by atoms with van der Waals surface area (Å²) >= 11 is 0. The Hall–Kier alpha value is -2.20. The Morgan fingerprint density at radius 2 is 1.70 bits per heavy atom. The number of benzene rings is 2. The Labute approximate surface area is 161 Å². The lowest BCUT2D eigenvalue weighted by Crippen LogP contribution is -2.46. The summed E-state index contributed by atoms with van der Waals surface area (Å²) < 4.78 is 11.4. The summed E-state index contributed by atoms with van der Waals surface area (Å²) in [5, 5.41) is 0. The quantitative estimate of drug-likeness (QED) is 0.808. The number of nitrogens with zero attached hydrogens (tertiary/aromatic N) is 2. The van der Waals surface area contributed by atoms with Gasteiger partial charge in [-0.15, -0.1) is 0 Å². The zero-order chi connectivity index (χ0) is 18.1. The highest BCUT2D eigenvalue weighted by Gasteiger charge is 2.25. The van der Waals surface area contributed by atoms with Gasteiger partial charge in [-0.2, -0.15) is 0 Å². The molecule has 2 aromatic rings. The van der Waals surface area contributed by atoms with Crippen LogP contribution in [0.2, 0.25) is 0 Å². The minimum absolute atomic E-state index is 0.649. The fourth-order valence-corrected chi connectivity index (χ4v) is 4.64. The van der Waals surface area contributed by atoms with Gasteiger partial charge in [0.1, 0.15) is 13.2 Å². The van der Waals surface area contributed by atoms with Crippen LogP contribution in [-0.4, -0.2) is 50.8 Å². The molecule has 0 amide bonds. The maximum atomic E-state index is 5.73. The number of hydrogen-bond donors (Lipinski definition) is 0. The summed E-state index contributed by atoms with van der Waals surface area (Å²) in [5.74, 6) is 2.57. The smallest absolute Gasteiger partial charge is 0.163 e. The van der Waals surface area contributed by atoms with E-state index in [0.717, 1.165) is 43.6 Å². The van der Waals surface area contributed by atoms with Gasteiger partial charge in [0.25, 0.3) is 0 Å². The minimum Gasteiger partial charge on any atom is -0.486 e. The zero-order valence-electron chi connectivity index (χ0n) is 15.9. The first kappa shape index (κ1) is 16.9. The lowest BCUT2D eigenvalue weighted by Gasteiger charge is -2.37. The molecule has 0 saturated carbocycles. The van der Waals surface area contributed by atoms with Crippen LogP contribution in [0.1, 0.15) is 29.9 Å². The summed E-state index contributed by atoms with van der Waals surface area (Å²) in [7, 11) is 0. The lowest BCUT2D eigenvalue weighted by atomic mass is 9.75. The average molecular weight is 364 g/mol. The van der Waals surface area contributed by atoms with E-state index >= 15 is 0 Å². The van der Waals surface area contributed by atoms with Crippen LogP contribution in [0.5, 0.6) is 11.5 Å². The molecule has 0 radical (unpaired) electrons. The monoisotopic (exact) mass is 364 g/mol. The standard InChI is InChI=1S/C23H28N2O2/c1-2-6-21-18(4-1)16-19(21)5-3-9-24-10-12-25(13-11-24)20-7-8-22-23(17-20)27-15-14-26-22/h1-2,4,6-8,17,19H,3,5,9-16H2. The van der Waals surface area contributed by atoms with Gasteiger partial charge in [0, 0.05) is 37.9 Å². The SMILES string of the molecule is c1ccc2c(c1)CC2CCCN1CCN(c2ccc3c(c2)OCCO3)CC1. The van der Waals surface area contributed by atoms with E-state index in [1.165, 1.54) is 31.5 Å². The van der Waals surface area contributed by atoms with Crippen molar-refractivity contribution < 1.29 is 9.47 Å². The first-order chi connectivity index (χ1) is 13.4. The van der Waals surface area contributed by atoms with Crippen molar-refractivity contribution in [2.24, 2.45) is 0 Å². The second-order valence-corrected chi connectivity index (χ2v) is 7.90. The van der Waals surface area contributed by atoms with Gasteiger partial charge in [-0.25, -0.2) is 0 Å². The molecular formula is C23H28N2O2. The van der Waals surface area contributed by atoms with E-state index in [2.05, 4.69) is 46.2 Å². The minimum atomic E-state index is 0.649. The van der Waals surface area contributed by atoms with E-state index in [1.54, 1.807) is 11.1 Å². The van der Waals surface area contributed by atoms with Crippen LogP contribution in [0.25, 0.3) is 0 Å². The molecule has 1 atom stereocenters. The van der Waals surface area contributed by atoms with E-state index in [-0.39, 0.29) is 0 Å². The fraction of sp³-hybridized carbons (Fsp3) is 0.478. The van der Waals surface area contributed by atoms with Crippen LogP contribution in [0.15, 0.2) is 42.5 Å². The third-order valence-electron chi connectivity index (χ3n) is 6.25. The highest BCUT2D eigenvalue weighted by atomic mass is 16.6. The zero-order valence-corrected chi connectivity index (χ0v) is 15.9. The van der Waals surface area contributed by atoms with Crippen LogP contribution in [-0.2, 0) is 6.42 Å². The van der Waals surface area contributed by atoms with Crippen LogP contribution in [0.3, 0.4) is 0 Å². The van der Waals surface area contributed by atoms with E-state index in [9.17, 15) is 0 Å². The van der Waals surface area contributed by atoms with Crippen LogP contribution in [0.4, 0.5) is 5.69 Å². The molecule has 4 nitrogen and oxygen atoms in total. The van der Waals surface area contributed by atoms with Crippen molar-refractivity contribution in [3.63, 3.8) is 0 Å². The Kier molecular flexibility index (Phi) is 4.66. The van der Waals surface area contributed by atoms with Gasteiger partial charge in [-0.05, 0) is 55.0 Å². The van der Waals surface area contributed by atoms with Crippen LogP contribution < -0.4 is 14.4 Å². The second-order valence-electron chi connectivity index (χ2n) is 7.90. The van der Waals surface area contributed by atoms with Gasteiger partial charge in [0.05, 0.1) is 0 Å². The normalized spacial score (nSPS) is 21.5. The molecule has 0 spiro atoms. The van der Waals surface area contributed by atoms with E-state index < -0.39 is 0 Å². The Balaban J connectivity index is 1.08. The molecule has 1 saturated heterocycles. The third kappa shape index (κ3) is 3.51. The molecule has 1 fully saturated rings. The Bertz CT molecular complexity index is 799. The van der Waals surface area contributed by atoms with Gasteiger partial charge in [0.15, 0.2) is 11.5 Å². The molecule has 2 heterocycles. The maximum Gasteiger partial charge on any atom is 0.163 e. The molecule has 1 aliphatic carbocycles. The van der Waals surface area contributed by atoms with Gasteiger partial charge in [0.2, 0.25) is 0 Å². The van der Waals surface area contributed by atoms with Crippen molar-refractivity contribution >= 4 is 5.69 Å². The highest BCUT2D eigenvalue weighted by Crippen LogP contribution is 2.38. The van der Waals surface area contributed by atoms with Gasteiger partial charge >= 0.3 is 0 Å². The predicted octanol–water partition coefficient (Wildman–Crippen LogP) is 3.70. The number of ether oxygens (including phenoxy) is 2. The molecule has 3 aliphatic rings. The topological polar surface area (TPSA) is 24.9 Å². The number of hydrogen-bond acceptors (Lipinski definition) is 4. The van der Waals surface area contributed by atoms with Crippen molar-refractivity contribution in [1.82, 2.24) is 4.90 Å². The fourth-order valence-electron chi connectivity index (χ4n) is 4.64. The number of fused-ring (bicyclic) bond motifs is 2. The Morgan fingerprint density at radius 1 is 0.889 bits per heavy atom. The third-order valence-corrected chi connectivity index (χ3v) is 6.25. The van der Waals surface area contributed by atoms with Crippen molar-refractivity contribution in [1.29, 1.82) is 0 Å². The van der Waals surface area contributed by atoms with Crippen LogP contribution in [0, 0.1) is 0 Å². The van der Waals surface area contributed by atoms with Crippen molar-refractivity contribution in [2.45, 2.75) is 25.2 Å². The molecule has 2 aliphatic heterocycles. The molecular weight excluding hydrogens is 336 g/mol. The van der Waals surface area contributed by atoms with E-state index in [1.807, 2.05) is 6.07 Å². The number of anilines is 1. The number of rotatable bonds is 5. The highest BCUT2D eigenvalue weighted by molar-refractivity contribution is 5.57. The summed E-state index contributed by atoms with van der Waals surface area (Å²) in [5.41, 5.74) is 4.42. The van der Waals surface area contributed by atoms with Crippen LogP contribution >= 0.6 is 0 Å². The largest absolute Gasteiger partial charge is 0.486 e. The molecule has 2 aromatic carbocycles. The number of piperazine rings is 1. The molecule has 27 heavy (non-hydrogen) atoms. The van der Waals surface area contributed by atoms with Gasteiger partial charge in [-0.1, -0.05) is 24.3 Å². The first-order valence-corrected chi connectivity index (χ1v) is 10.3. The second kappa shape index (κ2) is 7.43. The maximum absolute atomic E-state index is 5.73. The molecule has 142 valence electrons. The average Bonchev–Trinajstić information content (AvgIpc) is 2.71. The molecule has 0 bridgehead atoms. The van der Waals surface area contributed by atoms with E-state index in [0.29, 0.717) is 13.2 Å². The Morgan fingerprint density at radius 3 is 2.56 bits per heavy atom. The predicted molar refractivity (Wildman–Crippen MR) is 108 cm³/mol. The van der Waals surface area contributed by atoms with Gasteiger partial charge in [-0.3, -0.25) is 4.90 Å². The molecule has 5 rings (SSSR count).